The molecular weight excluding hydrogens is 266 g/mol. The number of H-pyrrole nitrogens is 1. The van der Waals surface area contributed by atoms with Gasteiger partial charge < -0.3 is 0 Å². The molecule has 0 aromatic carbocycles. The molecule has 0 aliphatic carbocycles. The lowest BCUT2D eigenvalue weighted by atomic mass is 10.0. The van der Waals surface area contributed by atoms with Gasteiger partial charge >= 0.3 is 0 Å². The molecule has 1 aliphatic rings. The number of nitrogens with one attached hydrogen (secondary N) is 1. The molecule has 0 amide bonds. The minimum Gasteiger partial charge on any atom is -0.263 e. The van der Waals surface area contributed by atoms with Crippen molar-refractivity contribution in [2.75, 3.05) is 20.1 Å². The molecule has 0 atom stereocenters. The normalized spacial score (nSPS) is 19.2. The zero-order valence-corrected chi connectivity index (χ0v) is 12.4. The van der Waals surface area contributed by atoms with Crippen LogP contribution in [0.4, 0.5) is 0 Å². The van der Waals surface area contributed by atoms with Crippen LogP contribution < -0.4 is 0 Å². The van der Waals surface area contributed by atoms with Crippen LogP contribution in [0.15, 0.2) is 0 Å². The zero-order valence-electron chi connectivity index (χ0n) is 11.6. The maximum atomic E-state index is 12.4. The predicted molar refractivity (Wildman–Crippen MR) is 71.5 cm³/mol. The van der Waals surface area contributed by atoms with E-state index < -0.39 is 10.2 Å². The first-order valence-electron chi connectivity index (χ1n) is 6.49. The SMILES string of the molecule is Cc1nc(CN(C)S(=O)(=O)N2CCC(C)CC2)n[nH]1. The molecule has 0 spiro atoms. The van der Waals surface area contributed by atoms with Crippen molar-refractivity contribution in [3.05, 3.63) is 11.6 Å². The first kappa shape index (κ1) is 14.4. The van der Waals surface area contributed by atoms with Crippen molar-refractivity contribution in [1.29, 1.82) is 0 Å². The van der Waals surface area contributed by atoms with E-state index >= 15 is 0 Å². The number of hydrogen-bond donors (Lipinski definition) is 1. The third-order valence-electron chi connectivity index (χ3n) is 3.47. The Labute approximate surface area is 114 Å². The molecule has 0 saturated carbocycles. The van der Waals surface area contributed by atoms with Crippen LogP contribution in [0, 0.1) is 12.8 Å². The van der Waals surface area contributed by atoms with E-state index in [1.165, 1.54) is 4.31 Å². The Balaban J connectivity index is 2.02. The van der Waals surface area contributed by atoms with Gasteiger partial charge in [0, 0.05) is 20.1 Å². The smallest absolute Gasteiger partial charge is 0.263 e. The van der Waals surface area contributed by atoms with Gasteiger partial charge in [0.1, 0.15) is 5.82 Å². The topological polar surface area (TPSA) is 82.2 Å². The second kappa shape index (κ2) is 5.56. The molecule has 2 heterocycles. The van der Waals surface area contributed by atoms with Crippen LogP contribution in [0.3, 0.4) is 0 Å². The molecule has 108 valence electrons. The summed E-state index contributed by atoms with van der Waals surface area (Å²) in [7, 11) is -1.83. The molecular formula is C11H21N5O2S. The molecule has 1 N–H and O–H groups in total. The van der Waals surface area contributed by atoms with Crippen molar-refractivity contribution >= 4 is 10.2 Å². The Morgan fingerprint density at radius 2 is 2.05 bits per heavy atom. The molecule has 0 unspecified atom stereocenters. The van der Waals surface area contributed by atoms with Gasteiger partial charge in [0.2, 0.25) is 0 Å². The lowest BCUT2D eigenvalue weighted by Crippen LogP contribution is -2.45. The number of rotatable bonds is 4. The number of hydrogen-bond acceptors (Lipinski definition) is 4. The molecule has 0 bridgehead atoms. The van der Waals surface area contributed by atoms with E-state index in [-0.39, 0.29) is 6.54 Å². The van der Waals surface area contributed by atoms with Crippen LogP contribution in [0.2, 0.25) is 0 Å². The van der Waals surface area contributed by atoms with Crippen molar-refractivity contribution in [3.63, 3.8) is 0 Å². The van der Waals surface area contributed by atoms with Crippen LogP contribution in [0.25, 0.3) is 0 Å². The van der Waals surface area contributed by atoms with E-state index in [1.807, 2.05) is 0 Å². The Morgan fingerprint density at radius 1 is 1.42 bits per heavy atom. The van der Waals surface area contributed by atoms with Crippen LogP contribution in [0.5, 0.6) is 0 Å². The lowest BCUT2D eigenvalue weighted by Gasteiger charge is -2.32. The molecule has 19 heavy (non-hydrogen) atoms. The monoisotopic (exact) mass is 287 g/mol. The molecule has 1 aromatic rings. The van der Waals surface area contributed by atoms with E-state index in [4.69, 9.17) is 0 Å². The second-order valence-corrected chi connectivity index (χ2v) is 7.22. The highest BCUT2D eigenvalue weighted by molar-refractivity contribution is 7.86. The van der Waals surface area contributed by atoms with E-state index in [0.717, 1.165) is 12.8 Å². The highest BCUT2D eigenvalue weighted by atomic mass is 32.2. The Kier molecular flexibility index (Phi) is 4.22. The summed E-state index contributed by atoms with van der Waals surface area (Å²) in [5, 5.41) is 6.68. The Morgan fingerprint density at radius 3 is 2.58 bits per heavy atom. The van der Waals surface area contributed by atoms with Crippen LogP contribution in [-0.2, 0) is 16.8 Å². The maximum absolute atomic E-state index is 12.4. The molecule has 0 radical (unpaired) electrons. The van der Waals surface area contributed by atoms with E-state index in [0.29, 0.717) is 30.7 Å². The minimum atomic E-state index is -3.40. The summed E-state index contributed by atoms with van der Waals surface area (Å²) in [5.41, 5.74) is 0. The average Bonchev–Trinajstić information content (AvgIpc) is 2.75. The standard InChI is InChI=1S/C11H21N5O2S/c1-9-4-6-16(7-5-9)19(17,18)15(3)8-11-12-10(2)13-14-11/h9H,4-8H2,1-3H3,(H,12,13,14). The summed E-state index contributed by atoms with van der Waals surface area (Å²) in [4.78, 5) is 4.13. The zero-order chi connectivity index (χ0) is 14.0. The first-order chi connectivity index (χ1) is 8.89. The minimum absolute atomic E-state index is 0.193. The number of aryl methyl sites for hydroxylation is 1. The number of nitrogens with zero attached hydrogens (tertiary/aromatic N) is 4. The fraction of sp³-hybridized carbons (Fsp3) is 0.818. The van der Waals surface area contributed by atoms with Gasteiger partial charge in [-0.15, -0.1) is 0 Å². The predicted octanol–water partition coefficient (Wildman–Crippen LogP) is 0.522. The van der Waals surface area contributed by atoms with Crippen LogP contribution in [0.1, 0.15) is 31.4 Å². The van der Waals surface area contributed by atoms with Gasteiger partial charge in [0.15, 0.2) is 5.82 Å². The molecule has 1 aromatic heterocycles. The summed E-state index contributed by atoms with van der Waals surface area (Å²) >= 11 is 0. The third-order valence-corrected chi connectivity index (χ3v) is 5.40. The maximum Gasteiger partial charge on any atom is 0.282 e. The summed E-state index contributed by atoms with van der Waals surface area (Å²) < 4.78 is 27.6. The van der Waals surface area contributed by atoms with Gasteiger partial charge in [-0.3, -0.25) is 5.10 Å². The van der Waals surface area contributed by atoms with Gasteiger partial charge in [-0.05, 0) is 25.7 Å². The fourth-order valence-electron chi connectivity index (χ4n) is 2.15. The quantitative estimate of drug-likeness (QED) is 0.875. The van der Waals surface area contributed by atoms with Crippen molar-refractivity contribution in [3.8, 4) is 0 Å². The van der Waals surface area contributed by atoms with Gasteiger partial charge in [-0.25, -0.2) is 4.98 Å². The molecule has 1 aliphatic heterocycles. The van der Waals surface area contributed by atoms with E-state index in [1.54, 1.807) is 18.3 Å². The lowest BCUT2D eigenvalue weighted by molar-refractivity contribution is 0.269. The van der Waals surface area contributed by atoms with Crippen molar-refractivity contribution in [2.24, 2.45) is 5.92 Å². The number of aromatic amines is 1. The van der Waals surface area contributed by atoms with Crippen LogP contribution >= 0.6 is 0 Å². The summed E-state index contributed by atoms with van der Waals surface area (Å²) in [6, 6.07) is 0. The van der Waals surface area contributed by atoms with E-state index in [2.05, 4.69) is 22.1 Å². The Bertz CT molecular complexity index is 519. The third kappa shape index (κ3) is 3.31. The molecule has 2 rings (SSSR count). The van der Waals surface area contributed by atoms with Gasteiger partial charge in [-0.1, -0.05) is 6.92 Å². The van der Waals surface area contributed by atoms with Crippen molar-refractivity contribution in [1.82, 2.24) is 23.8 Å². The summed E-state index contributed by atoms with van der Waals surface area (Å²) in [5.74, 6) is 1.79. The molecule has 1 fully saturated rings. The van der Waals surface area contributed by atoms with Crippen molar-refractivity contribution < 1.29 is 8.42 Å². The first-order valence-corrected chi connectivity index (χ1v) is 7.88. The van der Waals surface area contributed by atoms with Gasteiger partial charge in [0.25, 0.3) is 10.2 Å². The highest BCUT2D eigenvalue weighted by Crippen LogP contribution is 2.20. The summed E-state index contributed by atoms with van der Waals surface area (Å²) in [6.45, 7) is 5.33. The number of piperidine rings is 1. The van der Waals surface area contributed by atoms with Crippen molar-refractivity contribution in [2.45, 2.75) is 33.2 Å². The van der Waals surface area contributed by atoms with Gasteiger partial charge in [0.05, 0.1) is 6.54 Å². The van der Waals surface area contributed by atoms with Gasteiger partial charge in [-0.2, -0.15) is 22.1 Å². The highest BCUT2D eigenvalue weighted by Gasteiger charge is 2.30. The van der Waals surface area contributed by atoms with Crippen LogP contribution in [-0.4, -0.2) is 52.3 Å². The molecule has 8 heteroatoms. The molecule has 1 saturated heterocycles. The average molecular weight is 287 g/mol. The number of aromatic nitrogens is 3. The largest absolute Gasteiger partial charge is 0.282 e. The second-order valence-electron chi connectivity index (χ2n) is 5.18. The van der Waals surface area contributed by atoms with E-state index in [9.17, 15) is 8.42 Å². The Hall–Kier alpha value is -0.990. The molecule has 7 nitrogen and oxygen atoms in total. The fourth-order valence-corrected chi connectivity index (χ4v) is 3.50. The summed E-state index contributed by atoms with van der Waals surface area (Å²) in [6.07, 6.45) is 1.85.